The van der Waals surface area contributed by atoms with Crippen molar-refractivity contribution < 1.29 is 24.5 Å². The molecule has 0 saturated heterocycles. The van der Waals surface area contributed by atoms with Gasteiger partial charge in [0.1, 0.15) is 22.6 Å². The molecule has 0 aliphatic carbocycles. The van der Waals surface area contributed by atoms with E-state index >= 15 is 0 Å². The van der Waals surface area contributed by atoms with E-state index in [9.17, 15) is 24.9 Å². The van der Waals surface area contributed by atoms with Crippen molar-refractivity contribution in [1.82, 2.24) is 0 Å². The topological polar surface area (TPSA) is 120 Å². The number of carbonyl (C=O) groups is 1. The lowest BCUT2D eigenvalue weighted by Gasteiger charge is -2.08. The zero-order valence-electron chi connectivity index (χ0n) is 15.4. The summed E-state index contributed by atoms with van der Waals surface area (Å²) in [6, 6.07) is 14.8. The van der Waals surface area contributed by atoms with Gasteiger partial charge in [0, 0.05) is 0 Å². The van der Waals surface area contributed by atoms with Gasteiger partial charge < -0.3 is 19.7 Å². The van der Waals surface area contributed by atoms with Gasteiger partial charge in [-0.2, -0.15) is 0 Å². The molecule has 0 aliphatic rings. The molecule has 0 spiro atoms. The predicted molar refractivity (Wildman–Crippen MR) is 108 cm³/mol. The lowest BCUT2D eigenvalue weighted by Crippen LogP contribution is -2.15. The second-order valence-electron chi connectivity index (χ2n) is 6.12. The van der Waals surface area contributed by atoms with Crippen LogP contribution < -0.4 is 5.63 Å². The average molecular weight is 391 g/mol. The van der Waals surface area contributed by atoms with E-state index in [2.05, 4.69) is 4.99 Å². The van der Waals surface area contributed by atoms with Crippen molar-refractivity contribution in [3.05, 3.63) is 87.8 Å². The number of benzene rings is 2. The highest BCUT2D eigenvalue weighted by molar-refractivity contribution is 6.13. The Morgan fingerprint density at radius 2 is 1.62 bits per heavy atom. The number of rotatable bonds is 5. The summed E-state index contributed by atoms with van der Waals surface area (Å²) in [5.74, 6) is -2.39. The number of ketones is 1. The molecule has 1 heterocycles. The lowest BCUT2D eigenvalue weighted by molar-refractivity contribution is 0.103. The van der Waals surface area contributed by atoms with E-state index in [0.29, 0.717) is 11.3 Å². The maximum Gasteiger partial charge on any atom is 0.351 e. The summed E-state index contributed by atoms with van der Waals surface area (Å²) < 4.78 is 4.74. The van der Waals surface area contributed by atoms with Gasteiger partial charge in [-0.3, -0.25) is 9.79 Å². The Labute approximate surface area is 165 Å². The number of para-hydroxylation sites is 1. The van der Waals surface area contributed by atoms with Crippen molar-refractivity contribution >= 4 is 23.3 Å². The summed E-state index contributed by atoms with van der Waals surface area (Å²) in [7, 11) is 0. The molecule has 29 heavy (non-hydrogen) atoms. The van der Waals surface area contributed by atoms with Crippen LogP contribution in [0.3, 0.4) is 0 Å². The van der Waals surface area contributed by atoms with Crippen LogP contribution in [0.2, 0.25) is 0 Å². The van der Waals surface area contributed by atoms with Crippen LogP contribution in [0.1, 0.15) is 28.4 Å². The first-order valence-corrected chi connectivity index (χ1v) is 8.58. The lowest BCUT2D eigenvalue weighted by atomic mass is 10.0. The Balaban J connectivity index is 2.01. The van der Waals surface area contributed by atoms with Gasteiger partial charge in [0.05, 0.1) is 11.4 Å². The van der Waals surface area contributed by atoms with Crippen LogP contribution in [0.5, 0.6) is 17.4 Å². The van der Waals surface area contributed by atoms with Crippen LogP contribution in [-0.2, 0) is 0 Å². The third kappa shape index (κ3) is 4.41. The molecule has 0 saturated carbocycles. The number of phenols is 1. The first-order valence-electron chi connectivity index (χ1n) is 8.58. The molecule has 3 aromatic rings. The molecule has 0 atom stereocenters. The minimum absolute atomic E-state index is 0.0754. The normalized spacial score (nSPS) is 11.7. The summed E-state index contributed by atoms with van der Waals surface area (Å²) in [6.45, 7) is 1.48. The van der Waals surface area contributed by atoms with Gasteiger partial charge in [-0.1, -0.05) is 36.4 Å². The number of allylic oxidation sites excluding steroid dienone is 1. The summed E-state index contributed by atoms with van der Waals surface area (Å²) in [5.41, 5.74) is -0.605. The molecule has 1 aromatic heterocycles. The van der Waals surface area contributed by atoms with Gasteiger partial charge in [-0.05, 0) is 42.8 Å². The molecule has 7 nitrogen and oxygen atoms in total. The van der Waals surface area contributed by atoms with Crippen LogP contribution in [0, 0.1) is 0 Å². The zero-order chi connectivity index (χ0) is 21.0. The number of aromatic hydroxyl groups is 3. The Morgan fingerprint density at radius 1 is 0.966 bits per heavy atom. The first kappa shape index (κ1) is 19.6. The molecule has 0 amide bonds. The Morgan fingerprint density at radius 3 is 2.28 bits per heavy atom. The third-order valence-electron chi connectivity index (χ3n) is 4.06. The van der Waals surface area contributed by atoms with E-state index in [-0.39, 0.29) is 17.0 Å². The highest BCUT2D eigenvalue weighted by atomic mass is 16.5. The average Bonchev–Trinajstić information content (AvgIpc) is 2.68. The smallest absolute Gasteiger partial charge is 0.351 e. The summed E-state index contributed by atoms with van der Waals surface area (Å²) >= 11 is 0. The molecular formula is C22H17NO6. The SMILES string of the molecule is CC(=Nc1ccccc1)c1c(O)c(C(=O)C=Cc2ccc(O)cc2)c(O)oc1=O. The van der Waals surface area contributed by atoms with Crippen molar-refractivity contribution in [3.8, 4) is 17.4 Å². The molecule has 0 fully saturated rings. The quantitative estimate of drug-likeness (QED) is 0.346. The van der Waals surface area contributed by atoms with E-state index in [1.54, 1.807) is 42.5 Å². The molecule has 0 radical (unpaired) electrons. The van der Waals surface area contributed by atoms with Crippen LogP contribution in [0.4, 0.5) is 5.69 Å². The van der Waals surface area contributed by atoms with Crippen molar-refractivity contribution in [1.29, 1.82) is 0 Å². The Hall–Kier alpha value is -4.13. The van der Waals surface area contributed by atoms with E-state index in [4.69, 9.17) is 4.42 Å². The third-order valence-corrected chi connectivity index (χ3v) is 4.06. The van der Waals surface area contributed by atoms with E-state index in [0.717, 1.165) is 6.08 Å². The Kier molecular flexibility index (Phi) is 5.59. The van der Waals surface area contributed by atoms with Gasteiger partial charge in [0.25, 0.3) is 5.95 Å². The Bertz CT molecular complexity index is 1160. The largest absolute Gasteiger partial charge is 0.508 e. The van der Waals surface area contributed by atoms with E-state index in [1.165, 1.54) is 25.1 Å². The van der Waals surface area contributed by atoms with Crippen molar-refractivity contribution in [2.75, 3.05) is 0 Å². The number of aliphatic imine (C=N–C) groups is 1. The van der Waals surface area contributed by atoms with Crippen molar-refractivity contribution in [3.63, 3.8) is 0 Å². The fourth-order valence-corrected chi connectivity index (χ4v) is 2.65. The van der Waals surface area contributed by atoms with E-state index < -0.39 is 28.7 Å². The summed E-state index contributed by atoms with van der Waals surface area (Å²) in [6.07, 6.45) is 2.53. The second kappa shape index (κ2) is 8.26. The van der Waals surface area contributed by atoms with Gasteiger partial charge in [0.15, 0.2) is 5.78 Å². The summed E-state index contributed by atoms with van der Waals surface area (Å²) in [4.78, 5) is 28.9. The fraction of sp³-hybridized carbons (Fsp3) is 0.0455. The fourth-order valence-electron chi connectivity index (χ4n) is 2.65. The monoisotopic (exact) mass is 391 g/mol. The molecule has 146 valence electrons. The maximum absolute atomic E-state index is 12.5. The van der Waals surface area contributed by atoms with Crippen LogP contribution in [-0.4, -0.2) is 26.8 Å². The molecule has 7 heteroatoms. The van der Waals surface area contributed by atoms with Crippen molar-refractivity contribution in [2.24, 2.45) is 4.99 Å². The number of carbonyl (C=O) groups excluding carboxylic acids is 1. The van der Waals surface area contributed by atoms with Crippen LogP contribution in [0.15, 0.2) is 74.9 Å². The van der Waals surface area contributed by atoms with Gasteiger partial charge in [-0.15, -0.1) is 0 Å². The molecule has 3 N–H and O–H groups in total. The number of nitrogens with zero attached hydrogens (tertiary/aromatic N) is 1. The molecule has 0 unspecified atom stereocenters. The van der Waals surface area contributed by atoms with Crippen molar-refractivity contribution in [2.45, 2.75) is 6.92 Å². The highest BCUT2D eigenvalue weighted by Crippen LogP contribution is 2.30. The standard InChI is InChI=1S/C22H17NO6/c1-13(23-15-5-3-2-4-6-15)18-20(26)19(22(28)29-21(18)27)17(25)12-9-14-7-10-16(24)11-8-14/h2-12,24,26,28H,1H3. The molecule has 0 aliphatic heterocycles. The van der Waals surface area contributed by atoms with Crippen LogP contribution in [0.25, 0.3) is 6.08 Å². The molecule has 2 aromatic carbocycles. The zero-order valence-corrected chi connectivity index (χ0v) is 15.4. The minimum Gasteiger partial charge on any atom is -0.508 e. The number of hydrogen-bond acceptors (Lipinski definition) is 7. The molecule has 0 bridgehead atoms. The molecular weight excluding hydrogens is 374 g/mol. The van der Waals surface area contributed by atoms with Gasteiger partial charge in [0.2, 0.25) is 0 Å². The van der Waals surface area contributed by atoms with Gasteiger partial charge >= 0.3 is 5.63 Å². The minimum atomic E-state index is -1.02. The van der Waals surface area contributed by atoms with E-state index in [1.807, 2.05) is 0 Å². The highest BCUT2D eigenvalue weighted by Gasteiger charge is 2.25. The predicted octanol–water partition coefficient (Wildman–Crippen LogP) is 3.79. The second-order valence-corrected chi connectivity index (χ2v) is 6.12. The number of hydrogen-bond donors (Lipinski definition) is 3. The first-order chi connectivity index (χ1) is 13.9. The number of phenolic OH excluding ortho intramolecular Hbond substituents is 1. The molecule has 3 rings (SSSR count). The van der Waals surface area contributed by atoms with Gasteiger partial charge in [-0.25, -0.2) is 4.79 Å². The maximum atomic E-state index is 12.5. The van der Waals surface area contributed by atoms with Crippen LogP contribution >= 0.6 is 0 Å². The summed E-state index contributed by atoms with van der Waals surface area (Å²) in [5, 5.41) is 29.7.